The summed E-state index contributed by atoms with van der Waals surface area (Å²) < 4.78 is 5.20. The van der Waals surface area contributed by atoms with Crippen LogP contribution in [0.4, 0.5) is 0 Å². The minimum atomic E-state index is -0.137. The summed E-state index contributed by atoms with van der Waals surface area (Å²) in [5, 5.41) is 0. The Balaban J connectivity index is 1.95. The van der Waals surface area contributed by atoms with E-state index in [1.807, 2.05) is 30.3 Å². The Hall–Kier alpha value is -2.26. The molecular weight excluding hydrogens is 262 g/mol. The van der Waals surface area contributed by atoms with Gasteiger partial charge in [-0.3, -0.25) is 10.3 Å². The quantitative estimate of drug-likeness (QED) is 0.933. The van der Waals surface area contributed by atoms with Crippen molar-refractivity contribution in [3.8, 4) is 5.75 Å². The summed E-state index contributed by atoms with van der Waals surface area (Å²) >= 11 is 0. The van der Waals surface area contributed by atoms with E-state index in [1.165, 1.54) is 5.56 Å². The largest absolute Gasteiger partial charge is 0.497 e. The Bertz CT molecular complexity index is 634. The maximum atomic E-state index is 5.61. The van der Waals surface area contributed by atoms with Crippen LogP contribution >= 0.6 is 0 Å². The number of benzene rings is 2. The molecule has 21 heavy (non-hydrogen) atoms. The fourth-order valence-corrected chi connectivity index (χ4v) is 2.55. The van der Waals surface area contributed by atoms with Gasteiger partial charge in [0.05, 0.1) is 19.4 Å². The summed E-state index contributed by atoms with van der Waals surface area (Å²) in [7, 11) is 1.67. The molecule has 0 radical (unpaired) electrons. The van der Waals surface area contributed by atoms with Crippen molar-refractivity contribution in [2.24, 2.45) is 0 Å². The lowest BCUT2D eigenvalue weighted by molar-refractivity contribution is 0.0418. The van der Waals surface area contributed by atoms with Gasteiger partial charge in [0.2, 0.25) is 0 Å². The fourth-order valence-electron chi connectivity index (χ4n) is 2.55. The van der Waals surface area contributed by atoms with Gasteiger partial charge in [-0.05, 0) is 48.4 Å². The molecule has 1 aliphatic heterocycles. The van der Waals surface area contributed by atoms with Crippen LogP contribution in [0.5, 0.6) is 5.75 Å². The first-order valence-corrected chi connectivity index (χ1v) is 7.02. The van der Waals surface area contributed by atoms with Gasteiger partial charge in [0.15, 0.2) is 0 Å². The van der Waals surface area contributed by atoms with Crippen molar-refractivity contribution in [2.75, 3.05) is 13.7 Å². The van der Waals surface area contributed by atoms with E-state index < -0.39 is 0 Å². The zero-order valence-electron chi connectivity index (χ0n) is 12.3. The average Bonchev–Trinajstić information content (AvgIpc) is 2.56. The van der Waals surface area contributed by atoms with E-state index in [4.69, 9.17) is 9.57 Å². The molecule has 3 rings (SSSR count). The highest BCUT2D eigenvalue weighted by Crippen LogP contribution is 2.32. The lowest BCUT2D eigenvalue weighted by Crippen LogP contribution is -2.35. The predicted octanol–water partition coefficient (Wildman–Crippen LogP) is 3.53. The second kappa shape index (κ2) is 5.62. The number of ether oxygens (including phenoxy) is 1. The molecular formula is C18H19NO2. The highest BCUT2D eigenvalue weighted by atomic mass is 16.6. The maximum absolute atomic E-state index is 5.61. The monoisotopic (exact) mass is 281 g/mol. The van der Waals surface area contributed by atoms with E-state index in [9.17, 15) is 0 Å². The number of hydrogen-bond donors (Lipinski definition) is 1. The van der Waals surface area contributed by atoms with E-state index in [2.05, 4.69) is 42.7 Å². The van der Waals surface area contributed by atoms with E-state index in [-0.39, 0.29) is 5.41 Å². The van der Waals surface area contributed by atoms with Crippen LogP contribution in [0.2, 0.25) is 0 Å². The maximum Gasteiger partial charge on any atom is 0.118 e. The van der Waals surface area contributed by atoms with Crippen molar-refractivity contribution >= 4 is 5.70 Å². The van der Waals surface area contributed by atoms with Gasteiger partial charge in [0.1, 0.15) is 5.75 Å². The second-order valence-electron chi connectivity index (χ2n) is 5.46. The molecule has 0 aromatic heterocycles. The van der Waals surface area contributed by atoms with Crippen LogP contribution in [0.3, 0.4) is 0 Å². The van der Waals surface area contributed by atoms with Gasteiger partial charge in [-0.25, -0.2) is 0 Å². The van der Waals surface area contributed by atoms with Crippen molar-refractivity contribution in [1.82, 2.24) is 5.48 Å². The molecule has 0 bridgehead atoms. The molecule has 0 saturated heterocycles. The SMILES string of the molecule is COc1ccc(C2=CC(C)(c3ccccc3)CON2)cc1. The third-order valence-corrected chi connectivity index (χ3v) is 3.85. The standard InChI is InChI=1S/C18H19NO2/c1-18(15-6-4-3-5-7-15)12-17(19-21-13-18)14-8-10-16(20-2)11-9-14/h3-12,19H,13H2,1-2H3. The molecule has 1 unspecified atom stereocenters. The number of methoxy groups -OCH3 is 1. The van der Waals surface area contributed by atoms with Crippen LogP contribution in [0.15, 0.2) is 60.7 Å². The molecule has 3 nitrogen and oxygen atoms in total. The number of nitrogens with one attached hydrogen (secondary N) is 1. The minimum Gasteiger partial charge on any atom is -0.497 e. The van der Waals surface area contributed by atoms with E-state index in [0.717, 1.165) is 17.0 Å². The molecule has 0 fully saturated rings. The number of hydroxylamine groups is 1. The highest BCUT2D eigenvalue weighted by molar-refractivity contribution is 5.66. The summed E-state index contributed by atoms with van der Waals surface area (Å²) in [6.07, 6.45) is 2.23. The van der Waals surface area contributed by atoms with Crippen LogP contribution in [-0.2, 0) is 10.3 Å². The topological polar surface area (TPSA) is 30.5 Å². The third kappa shape index (κ3) is 2.78. The molecule has 1 heterocycles. The van der Waals surface area contributed by atoms with E-state index in [0.29, 0.717) is 6.61 Å². The Labute approximate surface area is 125 Å². The Morgan fingerprint density at radius 1 is 1.05 bits per heavy atom. The lowest BCUT2D eigenvalue weighted by Gasteiger charge is -2.32. The smallest absolute Gasteiger partial charge is 0.118 e. The van der Waals surface area contributed by atoms with Gasteiger partial charge in [0.25, 0.3) is 0 Å². The third-order valence-electron chi connectivity index (χ3n) is 3.85. The van der Waals surface area contributed by atoms with Crippen molar-refractivity contribution in [3.05, 3.63) is 71.8 Å². The molecule has 0 spiro atoms. The highest BCUT2D eigenvalue weighted by Gasteiger charge is 2.29. The van der Waals surface area contributed by atoms with Crippen LogP contribution in [-0.4, -0.2) is 13.7 Å². The molecule has 0 amide bonds. The molecule has 3 heteroatoms. The molecule has 2 aromatic rings. The molecule has 1 atom stereocenters. The summed E-state index contributed by atoms with van der Waals surface area (Å²) in [5.74, 6) is 0.849. The van der Waals surface area contributed by atoms with E-state index >= 15 is 0 Å². The first-order valence-electron chi connectivity index (χ1n) is 7.02. The molecule has 0 saturated carbocycles. The van der Waals surface area contributed by atoms with Crippen LogP contribution in [0.1, 0.15) is 18.1 Å². The summed E-state index contributed by atoms with van der Waals surface area (Å²) in [6.45, 7) is 2.80. The Kier molecular flexibility index (Phi) is 3.67. The second-order valence-corrected chi connectivity index (χ2v) is 5.46. The first kappa shape index (κ1) is 13.7. The molecule has 2 aromatic carbocycles. The Morgan fingerprint density at radius 3 is 2.43 bits per heavy atom. The molecule has 108 valence electrons. The number of rotatable bonds is 3. The Morgan fingerprint density at radius 2 is 1.76 bits per heavy atom. The van der Waals surface area contributed by atoms with Gasteiger partial charge in [-0.15, -0.1) is 0 Å². The van der Waals surface area contributed by atoms with Crippen LogP contribution in [0.25, 0.3) is 5.70 Å². The van der Waals surface area contributed by atoms with Gasteiger partial charge >= 0.3 is 0 Å². The zero-order chi connectivity index (χ0) is 14.7. The summed E-state index contributed by atoms with van der Waals surface area (Å²) in [4.78, 5) is 5.61. The van der Waals surface area contributed by atoms with Gasteiger partial charge in [-0.1, -0.05) is 30.3 Å². The van der Waals surface area contributed by atoms with Gasteiger partial charge in [-0.2, -0.15) is 0 Å². The van der Waals surface area contributed by atoms with Crippen molar-refractivity contribution in [3.63, 3.8) is 0 Å². The van der Waals surface area contributed by atoms with Crippen LogP contribution in [0, 0.1) is 0 Å². The van der Waals surface area contributed by atoms with E-state index in [1.54, 1.807) is 7.11 Å². The van der Waals surface area contributed by atoms with Gasteiger partial charge in [0, 0.05) is 5.41 Å². The van der Waals surface area contributed by atoms with Gasteiger partial charge < -0.3 is 4.74 Å². The lowest BCUT2D eigenvalue weighted by atomic mass is 9.81. The number of hydrogen-bond acceptors (Lipinski definition) is 3. The van der Waals surface area contributed by atoms with Crippen LogP contribution < -0.4 is 10.2 Å². The summed E-state index contributed by atoms with van der Waals surface area (Å²) in [6, 6.07) is 18.4. The summed E-state index contributed by atoms with van der Waals surface area (Å²) in [5.41, 5.74) is 6.19. The molecule has 1 N–H and O–H groups in total. The first-order chi connectivity index (χ1) is 10.2. The fraction of sp³-hybridized carbons (Fsp3) is 0.222. The minimum absolute atomic E-state index is 0.137. The van der Waals surface area contributed by atoms with Crippen molar-refractivity contribution < 1.29 is 9.57 Å². The zero-order valence-corrected chi connectivity index (χ0v) is 12.3. The normalized spacial score (nSPS) is 21.3. The molecule has 0 aliphatic carbocycles. The molecule has 1 aliphatic rings. The van der Waals surface area contributed by atoms with Crippen molar-refractivity contribution in [1.29, 1.82) is 0 Å². The predicted molar refractivity (Wildman–Crippen MR) is 83.9 cm³/mol. The van der Waals surface area contributed by atoms with Crippen molar-refractivity contribution in [2.45, 2.75) is 12.3 Å². The average molecular weight is 281 g/mol.